The molecule has 0 unspecified atom stereocenters. The number of aromatic amines is 1. The van der Waals surface area contributed by atoms with Crippen LogP contribution in [0.1, 0.15) is 0 Å². The Morgan fingerprint density at radius 2 is 1.22 bits per heavy atom. The van der Waals surface area contributed by atoms with Gasteiger partial charge in [-0.3, -0.25) is 5.10 Å². The Hall–Kier alpha value is -5.61. The first kappa shape index (κ1) is 22.2. The molecule has 3 aromatic heterocycles. The largest absolute Gasteiger partial charge is 0.455 e. The summed E-state index contributed by atoms with van der Waals surface area (Å²) in [5.74, 6) is 0. The zero-order valence-electron chi connectivity index (χ0n) is 22.0. The molecule has 0 radical (unpaired) electrons. The standard InChI is InChI=1S/C37H23N3O/c1-2-11-23(12-3-1)40-31-18-8-5-14-27(31)34-24(16-10-19-32(34)40)25-21-22-29(36-26-13-4-7-17-30(26)38-39-36)35-28-15-6-9-20-33(28)41-37(25)35/h1-22H,(H,38,39). The van der Waals surface area contributed by atoms with E-state index in [1.165, 1.54) is 21.8 Å². The molecule has 0 atom stereocenters. The van der Waals surface area contributed by atoms with Crippen LogP contribution in [0.4, 0.5) is 0 Å². The molecule has 0 aliphatic rings. The zero-order chi connectivity index (χ0) is 26.9. The second kappa shape index (κ2) is 8.44. The van der Waals surface area contributed by atoms with Crippen LogP contribution >= 0.6 is 0 Å². The van der Waals surface area contributed by atoms with Crippen LogP contribution in [-0.2, 0) is 0 Å². The summed E-state index contributed by atoms with van der Waals surface area (Å²) in [6, 6.07) is 46.8. The van der Waals surface area contributed by atoms with Gasteiger partial charge in [-0.05, 0) is 48.0 Å². The van der Waals surface area contributed by atoms with Crippen LogP contribution in [-0.4, -0.2) is 14.8 Å². The quantitative estimate of drug-likeness (QED) is 0.249. The lowest BCUT2D eigenvalue weighted by Gasteiger charge is -2.10. The first-order valence-corrected chi connectivity index (χ1v) is 13.8. The molecule has 1 N–H and O–H groups in total. The van der Waals surface area contributed by atoms with Gasteiger partial charge in [0, 0.05) is 43.7 Å². The zero-order valence-corrected chi connectivity index (χ0v) is 22.0. The molecular formula is C37H23N3O. The van der Waals surface area contributed by atoms with Crippen molar-refractivity contribution in [1.82, 2.24) is 14.8 Å². The van der Waals surface area contributed by atoms with E-state index < -0.39 is 0 Å². The fourth-order valence-electron chi connectivity index (χ4n) is 6.51. The first-order chi connectivity index (χ1) is 20.4. The third kappa shape index (κ3) is 3.13. The number of rotatable bonds is 3. The van der Waals surface area contributed by atoms with Gasteiger partial charge in [-0.1, -0.05) is 91.0 Å². The highest BCUT2D eigenvalue weighted by Crippen LogP contribution is 2.45. The number of hydrogen-bond acceptors (Lipinski definition) is 2. The average molecular weight is 526 g/mol. The third-order valence-electron chi connectivity index (χ3n) is 8.25. The molecule has 0 fully saturated rings. The molecule has 9 aromatic rings. The lowest BCUT2D eigenvalue weighted by atomic mass is 9.94. The van der Waals surface area contributed by atoms with E-state index in [1.54, 1.807) is 0 Å². The Labute approximate surface area is 235 Å². The van der Waals surface area contributed by atoms with Crippen molar-refractivity contribution in [1.29, 1.82) is 0 Å². The van der Waals surface area contributed by atoms with E-state index in [-0.39, 0.29) is 0 Å². The molecule has 0 saturated heterocycles. The lowest BCUT2D eigenvalue weighted by molar-refractivity contribution is 0.670. The molecule has 4 heteroatoms. The van der Waals surface area contributed by atoms with E-state index in [0.717, 1.165) is 60.9 Å². The Balaban J connectivity index is 1.40. The Morgan fingerprint density at radius 3 is 2.12 bits per heavy atom. The number of benzene rings is 6. The van der Waals surface area contributed by atoms with Gasteiger partial charge >= 0.3 is 0 Å². The smallest absolute Gasteiger partial charge is 0.143 e. The van der Waals surface area contributed by atoms with E-state index in [2.05, 4.69) is 125 Å². The van der Waals surface area contributed by atoms with Crippen molar-refractivity contribution >= 4 is 54.6 Å². The average Bonchev–Trinajstić information content (AvgIpc) is 3.73. The Kier molecular flexibility index (Phi) is 4.58. The highest BCUT2D eigenvalue weighted by Gasteiger charge is 2.22. The second-order valence-corrected chi connectivity index (χ2v) is 10.5. The summed E-state index contributed by atoms with van der Waals surface area (Å²) in [6.45, 7) is 0. The van der Waals surface area contributed by atoms with E-state index in [0.29, 0.717) is 0 Å². The van der Waals surface area contributed by atoms with Crippen molar-refractivity contribution in [3.63, 3.8) is 0 Å². The number of para-hydroxylation sites is 4. The highest BCUT2D eigenvalue weighted by molar-refractivity contribution is 6.22. The molecule has 0 amide bonds. The van der Waals surface area contributed by atoms with Crippen molar-refractivity contribution in [2.75, 3.05) is 0 Å². The van der Waals surface area contributed by atoms with E-state index in [1.807, 2.05) is 18.2 Å². The molecule has 0 spiro atoms. The SMILES string of the molecule is c1ccc(-n2c3ccccc3c3c(-c4ccc(-c5n[nH]c6ccccc56)c5c4oc4ccccc45)cccc32)cc1. The molecule has 9 rings (SSSR count). The van der Waals surface area contributed by atoms with E-state index in [4.69, 9.17) is 9.52 Å². The topological polar surface area (TPSA) is 46.8 Å². The van der Waals surface area contributed by atoms with E-state index in [9.17, 15) is 0 Å². The fraction of sp³-hybridized carbons (Fsp3) is 0. The first-order valence-electron chi connectivity index (χ1n) is 13.8. The van der Waals surface area contributed by atoms with Gasteiger partial charge in [0.2, 0.25) is 0 Å². The van der Waals surface area contributed by atoms with Gasteiger partial charge in [0.15, 0.2) is 0 Å². The summed E-state index contributed by atoms with van der Waals surface area (Å²) in [7, 11) is 0. The van der Waals surface area contributed by atoms with Gasteiger partial charge < -0.3 is 8.98 Å². The van der Waals surface area contributed by atoms with Crippen molar-refractivity contribution in [2.45, 2.75) is 0 Å². The molecule has 0 saturated carbocycles. The Bertz CT molecular complexity index is 2420. The Morgan fingerprint density at radius 1 is 0.512 bits per heavy atom. The van der Waals surface area contributed by atoms with E-state index >= 15 is 0 Å². The molecule has 0 bridgehead atoms. The normalized spacial score (nSPS) is 11.9. The minimum Gasteiger partial charge on any atom is -0.455 e. The molecular weight excluding hydrogens is 502 g/mol. The van der Waals surface area contributed by atoms with Crippen LogP contribution in [0.3, 0.4) is 0 Å². The van der Waals surface area contributed by atoms with Crippen LogP contribution in [0.25, 0.3) is 82.7 Å². The maximum atomic E-state index is 6.70. The summed E-state index contributed by atoms with van der Waals surface area (Å²) in [4.78, 5) is 0. The van der Waals surface area contributed by atoms with Gasteiger partial charge in [-0.15, -0.1) is 0 Å². The third-order valence-corrected chi connectivity index (χ3v) is 8.25. The highest BCUT2D eigenvalue weighted by atomic mass is 16.3. The molecule has 3 heterocycles. The van der Waals surface area contributed by atoms with Crippen molar-refractivity contribution in [3.05, 3.63) is 133 Å². The maximum absolute atomic E-state index is 6.70. The number of H-pyrrole nitrogens is 1. The van der Waals surface area contributed by atoms with Gasteiger partial charge in [0.05, 0.1) is 16.6 Å². The number of fused-ring (bicyclic) bond motifs is 7. The van der Waals surface area contributed by atoms with Crippen LogP contribution in [0.5, 0.6) is 0 Å². The number of hydrogen-bond donors (Lipinski definition) is 1. The number of furan rings is 1. The number of nitrogens with one attached hydrogen (secondary N) is 1. The predicted octanol–water partition coefficient (Wildman–Crippen LogP) is 9.89. The monoisotopic (exact) mass is 525 g/mol. The molecule has 192 valence electrons. The molecule has 4 nitrogen and oxygen atoms in total. The van der Waals surface area contributed by atoms with Gasteiger partial charge in [0.25, 0.3) is 0 Å². The van der Waals surface area contributed by atoms with Gasteiger partial charge in [0.1, 0.15) is 16.9 Å². The number of nitrogens with zero attached hydrogens (tertiary/aromatic N) is 2. The van der Waals surface area contributed by atoms with Crippen LogP contribution in [0, 0.1) is 0 Å². The summed E-state index contributed by atoms with van der Waals surface area (Å²) in [5.41, 5.74) is 10.5. The number of aromatic nitrogens is 3. The summed E-state index contributed by atoms with van der Waals surface area (Å²) < 4.78 is 9.05. The van der Waals surface area contributed by atoms with Crippen molar-refractivity contribution in [3.8, 4) is 28.1 Å². The fourth-order valence-corrected chi connectivity index (χ4v) is 6.51. The van der Waals surface area contributed by atoms with Crippen LogP contribution in [0.2, 0.25) is 0 Å². The predicted molar refractivity (Wildman–Crippen MR) is 169 cm³/mol. The minimum absolute atomic E-state index is 0.870. The lowest BCUT2D eigenvalue weighted by Crippen LogP contribution is -1.93. The summed E-state index contributed by atoms with van der Waals surface area (Å²) in [6.07, 6.45) is 0. The van der Waals surface area contributed by atoms with Gasteiger partial charge in [-0.25, -0.2) is 0 Å². The van der Waals surface area contributed by atoms with Crippen molar-refractivity contribution < 1.29 is 4.42 Å². The summed E-state index contributed by atoms with van der Waals surface area (Å²) >= 11 is 0. The van der Waals surface area contributed by atoms with Gasteiger partial charge in [-0.2, -0.15) is 5.10 Å². The second-order valence-electron chi connectivity index (χ2n) is 10.5. The molecule has 41 heavy (non-hydrogen) atoms. The maximum Gasteiger partial charge on any atom is 0.143 e. The molecule has 0 aliphatic heterocycles. The van der Waals surface area contributed by atoms with Crippen LogP contribution < -0.4 is 0 Å². The molecule has 6 aromatic carbocycles. The van der Waals surface area contributed by atoms with Crippen molar-refractivity contribution in [2.24, 2.45) is 0 Å². The molecule has 0 aliphatic carbocycles. The van der Waals surface area contributed by atoms with Crippen LogP contribution in [0.15, 0.2) is 138 Å². The minimum atomic E-state index is 0.870. The summed E-state index contributed by atoms with van der Waals surface area (Å²) in [5, 5.41) is 13.7.